The maximum Gasteiger partial charge on any atom is 0.390 e. The van der Waals surface area contributed by atoms with Crippen LogP contribution in [0.25, 0.3) is 0 Å². The van der Waals surface area contributed by atoms with E-state index in [1.807, 2.05) is 24.3 Å². The van der Waals surface area contributed by atoms with E-state index in [9.17, 15) is 13.2 Å². The van der Waals surface area contributed by atoms with Crippen molar-refractivity contribution in [3.8, 4) is 0 Å². The SMILES string of the molecule is FC(F)(F)CCNCc1ccc(N2CCOCC2)cc1. The van der Waals surface area contributed by atoms with Crippen LogP contribution in [-0.2, 0) is 11.3 Å². The highest BCUT2D eigenvalue weighted by molar-refractivity contribution is 5.47. The third-order valence-corrected chi connectivity index (χ3v) is 3.23. The van der Waals surface area contributed by atoms with Gasteiger partial charge in [-0.1, -0.05) is 12.1 Å². The molecule has 2 rings (SSSR count). The lowest BCUT2D eigenvalue weighted by atomic mass is 10.2. The van der Waals surface area contributed by atoms with E-state index in [0.717, 1.165) is 37.6 Å². The van der Waals surface area contributed by atoms with Gasteiger partial charge in [-0.25, -0.2) is 0 Å². The molecule has 112 valence electrons. The summed E-state index contributed by atoms with van der Waals surface area (Å²) in [5.74, 6) is 0. The molecule has 0 saturated carbocycles. The smallest absolute Gasteiger partial charge is 0.378 e. The van der Waals surface area contributed by atoms with Gasteiger partial charge in [-0.3, -0.25) is 0 Å². The van der Waals surface area contributed by atoms with E-state index in [4.69, 9.17) is 4.74 Å². The topological polar surface area (TPSA) is 24.5 Å². The van der Waals surface area contributed by atoms with Crippen molar-refractivity contribution in [1.82, 2.24) is 5.32 Å². The number of hydrogen-bond donors (Lipinski definition) is 1. The van der Waals surface area contributed by atoms with Crippen LogP contribution in [0.3, 0.4) is 0 Å². The van der Waals surface area contributed by atoms with Crippen LogP contribution < -0.4 is 10.2 Å². The molecule has 0 radical (unpaired) electrons. The number of anilines is 1. The Kier molecular flexibility index (Phi) is 5.25. The Morgan fingerprint density at radius 1 is 1.10 bits per heavy atom. The second-order valence-electron chi connectivity index (χ2n) is 4.81. The molecule has 1 saturated heterocycles. The molecule has 0 aliphatic carbocycles. The van der Waals surface area contributed by atoms with Crippen molar-refractivity contribution in [3.05, 3.63) is 29.8 Å². The van der Waals surface area contributed by atoms with E-state index in [0.29, 0.717) is 6.54 Å². The average Bonchev–Trinajstić information content (AvgIpc) is 2.44. The summed E-state index contributed by atoms with van der Waals surface area (Å²) in [6, 6.07) is 7.91. The standard InChI is InChI=1S/C14H19F3N2O/c15-14(16,17)5-6-18-11-12-1-3-13(4-2-12)19-7-9-20-10-8-19/h1-4,18H,5-11H2. The molecule has 1 fully saturated rings. The third kappa shape index (κ3) is 5.02. The van der Waals surface area contributed by atoms with Crippen LogP contribution in [0.4, 0.5) is 18.9 Å². The van der Waals surface area contributed by atoms with Gasteiger partial charge in [0.05, 0.1) is 19.6 Å². The zero-order chi connectivity index (χ0) is 14.4. The van der Waals surface area contributed by atoms with Crippen molar-refractivity contribution in [1.29, 1.82) is 0 Å². The molecule has 0 amide bonds. The molecular formula is C14H19F3N2O. The number of rotatable bonds is 5. The molecule has 0 spiro atoms. The lowest BCUT2D eigenvalue weighted by Crippen LogP contribution is -2.36. The van der Waals surface area contributed by atoms with Crippen molar-refractivity contribution in [3.63, 3.8) is 0 Å². The number of hydrogen-bond acceptors (Lipinski definition) is 3. The summed E-state index contributed by atoms with van der Waals surface area (Å²) in [6.45, 7) is 3.64. The summed E-state index contributed by atoms with van der Waals surface area (Å²) in [4.78, 5) is 2.24. The van der Waals surface area contributed by atoms with Crippen LogP contribution in [-0.4, -0.2) is 39.0 Å². The maximum absolute atomic E-state index is 12.0. The Morgan fingerprint density at radius 2 is 1.75 bits per heavy atom. The number of halogens is 3. The third-order valence-electron chi connectivity index (χ3n) is 3.23. The predicted molar refractivity (Wildman–Crippen MR) is 71.9 cm³/mol. The Labute approximate surface area is 116 Å². The quantitative estimate of drug-likeness (QED) is 0.843. The van der Waals surface area contributed by atoms with Gasteiger partial charge in [0.25, 0.3) is 0 Å². The van der Waals surface area contributed by atoms with Crippen LogP contribution in [0.5, 0.6) is 0 Å². The zero-order valence-corrected chi connectivity index (χ0v) is 11.2. The van der Waals surface area contributed by atoms with Crippen molar-refractivity contribution >= 4 is 5.69 Å². The first kappa shape index (κ1) is 15.1. The van der Waals surface area contributed by atoms with E-state index < -0.39 is 12.6 Å². The number of nitrogens with one attached hydrogen (secondary N) is 1. The molecule has 3 nitrogen and oxygen atoms in total. The summed E-state index contributed by atoms with van der Waals surface area (Å²) in [6.07, 6.45) is -4.88. The average molecular weight is 288 g/mol. The van der Waals surface area contributed by atoms with Gasteiger partial charge in [-0.2, -0.15) is 13.2 Å². The summed E-state index contributed by atoms with van der Waals surface area (Å²) in [7, 11) is 0. The highest BCUT2D eigenvalue weighted by atomic mass is 19.4. The molecule has 0 unspecified atom stereocenters. The molecule has 1 aliphatic rings. The number of benzene rings is 1. The number of ether oxygens (including phenoxy) is 1. The molecule has 0 aromatic heterocycles. The lowest BCUT2D eigenvalue weighted by molar-refractivity contribution is -0.133. The summed E-state index contributed by atoms with van der Waals surface area (Å²) >= 11 is 0. The molecule has 1 aromatic rings. The second-order valence-corrected chi connectivity index (χ2v) is 4.81. The minimum Gasteiger partial charge on any atom is -0.378 e. The molecule has 0 atom stereocenters. The Balaban J connectivity index is 1.76. The molecule has 0 bridgehead atoms. The summed E-state index contributed by atoms with van der Waals surface area (Å²) in [5.41, 5.74) is 2.12. The Hall–Kier alpha value is -1.27. The van der Waals surface area contributed by atoms with Gasteiger partial charge < -0.3 is 15.0 Å². The molecule has 20 heavy (non-hydrogen) atoms. The maximum atomic E-state index is 12.0. The largest absolute Gasteiger partial charge is 0.390 e. The normalized spacial score (nSPS) is 16.4. The van der Waals surface area contributed by atoms with Crippen molar-refractivity contribution in [2.75, 3.05) is 37.7 Å². The van der Waals surface area contributed by atoms with E-state index in [-0.39, 0.29) is 6.54 Å². The van der Waals surface area contributed by atoms with Gasteiger partial charge in [0.1, 0.15) is 0 Å². The molecule has 1 aliphatic heterocycles. The van der Waals surface area contributed by atoms with Crippen LogP contribution >= 0.6 is 0 Å². The van der Waals surface area contributed by atoms with Crippen molar-refractivity contribution < 1.29 is 17.9 Å². The van der Waals surface area contributed by atoms with Gasteiger partial charge in [0, 0.05) is 31.9 Å². The predicted octanol–water partition coefficient (Wildman–Crippen LogP) is 2.57. The van der Waals surface area contributed by atoms with E-state index in [1.165, 1.54) is 0 Å². The number of alkyl halides is 3. The first-order valence-electron chi connectivity index (χ1n) is 6.74. The van der Waals surface area contributed by atoms with E-state index in [2.05, 4.69) is 10.2 Å². The molecular weight excluding hydrogens is 269 g/mol. The van der Waals surface area contributed by atoms with Gasteiger partial charge >= 0.3 is 6.18 Å². The van der Waals surface area contributed by atoms with E-state index in [1.54, 1.807) is 0 Å². The second kappa shape index (κ2) is 6.95. The van der Waals surface area contributed by atoms with Crippen LogP contribution in [0, 0.1) is 0 Å². The lowest BCUT2D eigenvalue weighted by Gasteiger charge is -2.28. The van der Waals surface area contributed by atoms with Gasteiger partial charge in [0.2, 0.25) is 0 Å². The number of nitrogens with zero attached hydrogens (tertiary/aromatic N) is 1. The fourth-order valence-electron chi connectivity index (χ4n) is 2.11. The first-order valence-corrected chi connectivity index (χ1v) is 6.74. The highest BCUT2D eigenvalue weighted by Gasteiger charge is 2.25. The van der Waals surface area contributed by atoms with Crippen LogP contribution in [0.1, 0.15) is 12.0 Å². The summed E-state index contributed by atoms with van der Waals surface area (Å²) in [5, 5.41) is 2.80. The molecule has 1 aromatic carbocycles. The monoisotopic (exact) mass is 288 g/mol. The summed E-state index contributed by atoms with van der Waals surface area (Å²) < 4.78 is 41.2. The number of morpholine rings is 1. The zero-order valence-electron chi connectivity index (χ0n) is 11.2. The van der Waals surface area contributed by atoms with Crippen molar-refractivity contribution in [2.24, 2.45) is 0 Å². The minimum absolute atomic E-state index is 0.0469. The van der Waals surface area contributed by atoms with Gasteiger partial charge in [0.15, 0.2) is 0 Å². The molecule has 6 heteroatoms. The van der Waals surface area contributed by atoms with E-state index >= 15 is 0 Å². The van der Waals surface area contributed by atoms with Crippen LogP contribution in [0.15, 0.2) is 24.3 Å². The Bertz CT molecular complexity index is 400. The molecule has 1 N–H and O–H groups in total. The fraction of sp³-hybridized carbons (Fsp3) is 0.571. The first-order chi connectivity index (χ1) is 9.54. The van der Waals surface area contributed by atoms with Gasteiger partial charge in [-0.15, -0.1) is 0 Å². The highest BCUT2D eigenvalue weighted by Crippen LogP contribution is 2.19. The fourth-order valence-corrected chi connectivity index (χ4v) is 2.11. The van der Waals surface area contributed by atoms with Crippen molar-refractivity contribution in [2.45, 2.75) is 19.1 Å². The Morgan fingerprint density at radius 3 is 2.35 bits per heavy atom. The minimum atomic E-state index is -4.09. The molecule has 1 heterocycles. The van der Waals surface area contributed by atoms with Crippen LogP contribution in [0.2, 0.25) is 0 Å². The van der Waals surface area contributed by atoms with Gasteiger partial charge in [-0.05, 0) is 17.7 Å².